The normalized spacial score (nSPS) is 14.9. The standard InChI is InChI=1S/C18H17N3O4/c1-23-14-9-11(10-15(24-2)16(14)25-3)8-13-18(22)21-17(20-13)12-4-6-19-7-5-12/h4-10H,1-3H3,(H,20,21,22)/b13-8+. The van der Waals surface area contributed by atoms with Gasteiger partial charge in [0.15, 0.2) is 11.5 Å². The average molecular weight is 339 g/mol. The van der Waals surface area contributed by atoms with Gasteiger partial charge in [0.25, 0.3) is 5.91 Å². The number of pyridine rings is 1. The summed E-state index contributed by atoms with van der Waals surface area (Å²) in [6, 6.07) is 7.06. The molecule has 1 aliphatic heterocycles. The second-order valence-electron chi connectivity index (χ2n) is 5.14. The molecule has 1 N–H and O–H groups in total. The first-order valence-corrected chi connectivity index (χ1v) is 7.48. The number of amidine groups is 1. The first kappa shape index (κ1) is 16.5. The van der Waals surface area contributed by atoms with Gasteiger partial charge in [-0.1, -0.05) is 0 Å². The van der Waals surface area contributed by atoms with Gasteiger partial charge in [-0.15, -0.1) is 0 Å². The first-order valence-electron chi connectivity index (χ1n) is 7.48. The number of ether oxygens (including phenoxy) is 3. The number of carbonyl (C=O) groups is 1. The molecule has 2 aromatic rings. The molecule has 2 heterocycles. The van der Waals surface area contributed by atoms with Crippen molar-refractivity contribution in [2.24, 2.45) is 4.99 Å². The first-order chi connectivity index (χ1) is 12.2. The van der Waals surface area contributed by atoms with Gasteiger partial charge in [0, 0.05) is 18.0 Å². The van der Waals surface area contributed by atoms with Crippen LogP contribution in [0.15, 0.2) is 47.3 Å². The summed E-state index contributed by atoms with van der Waals surface area (Å²) in [5, 5.41) is 2.75. The van der Waals surface area contributed by atoms with Crippen LogP contribution in [-0.2, 0) is 4.79 Å². The van der Waals surface area contributed by atoms with E-state index in [9.17, 15) is 4.79 Å². The van der Waals surface area contributed by atoms with Gasteiger partial charge in [0.05, 0.1) is 21.3 Å². The largest absolute Gasteiger partial charge is 0.493 e. The Morgan fingerprint density at radius 3 is 2.20 bits per heavy atom. The summed E-state index contributed by atoms with van der Waals surface area (Å²) in [6.45, 7) is 0. The molecule has 0 fully saturated rings. The van der Waals surface area contributed by atoms with Crippen LogP contribution in [0.4, 0.5) is 0 Å². The number of benzene rings is 1. The number of rotatable bonds is 5. The zero-order valence-electron chi connectivity index (χ0n) is 14.1. The smallest absolute Gasteiger partial charge is 0.275 e. The van der Waals surface area contributed by atoms with Crippen LogP contribution < -0.4 is 19.5 Å². The SMILES string of the molecule is COc1cc(/C=C2/N=C(c3ccncc3)NC2=O)cc(OC)c1OC. The molecule has 128 valence electrons. The zero-order chi connectivity index (χ0) is 17.8. The Bertz CT molecular complexity index is 835. The van der Waals surface area contributed by atoms with Gasteiger partial charge in [-0.2, -0.15) is 0 Å². The molecule has 0 spiro atoms. The van der Waals surface area contributed by atoms with Crippen LogP contribution in [0, 0.1) is 0 Å². The van der Waals surface area contributed by atoms with E-state index in [1.807, 2.05) is 0 Å². The average Bonchev–Trinajstić information content (AvgIpc) is 3.02. The molecular weight excluding hydrogens is 322 g/mol. The predicted octanol–water partition coefficient (Wildman–Crippen LogP) is 2.02. The number of methoxy groups -OCH3 is 3. The van der Waals surface area contributed by atoms with Gasteiger partial charge in [-0.05, 0) is 35.9 Å². The molecule has 7 heteroatoms. The Morgan fingerprint density at radius 1 is 1.00 bits per heavy atom. The number of aromatic nitrogens is 1. The molecule has 1 aromatic carbocycles. The van der Waals surface area contributed by atoms with Crippen LogP contribution in [0.5, 0.6) is 17.2 Å². The second-order valence-corrected chi connectivity index (χ2v) is 5.14. The van der Waals surface area contributed by atoms with Crippen molar-refractivity contribution >= 4 is 17.8 Å². The quantitative estimate of drug-likeness (QED) is 0.843. The zero-order valence-corrected chi connectivity index (χ0v) is 14.1. The highest BCUT2D eigenvalue weighted by Gasteiger charge is 2.21. The minimum Gasteiger partial charge on any atom is -0.493 e. The molecule has 0 bridgehead atoms. The van der Waals surface area contributed by atoms with Crippen molar-refractivity contribution < 1.29 is 19.0 Å². The highest BCUT2D eigenvalue weighted by atomic mass is 16.5. The molecule has 1 aliphatic rings. The van der Waals surface area contributed by atoms with Crippen molar-refractivity contribution in [1.29, 1.82) is 0 Å². The third kappa shape index (κ3) is 3.30. The van der Waals surface area contributed by atoms with Crippen molar-refractivity contribution in [3.63, 3.8) is 0 Å². The van der Waals surface area contributed by atoms with Crippen LogP contribution in [0.25, 0.3) is 6.08 Å². The monoisotopic (exact) mass is 339 g/mol. The summed E-state index contributed by atoms with van der Waals surface area (Å²) in [5.41, 5.74) is 1.79. The van der Waals surface area contributed by atoms with E-state index >= 15 is 0 Å². The lowest BCUT2D eigenvalue weighted by atomic mass is 10.1. The van der Waals surface area contributed by atoms with Gasteiger partial charge in [-0.3, -0.25) is 9.78 Å². The summed E-state index contributed by atoms with van der Waals surface area (Å²) in [4.78, 5) is 20.5. The summed E-state index contributed by atoms with van der Waals surface area (Å²) in [5.74, 6) is 1.71. The van der Waals surface area contributed by atoms with E-state index in [0.29, 0.717) is 34.3 Å². The Balaban J connectivity index is 2.00. The predicted molar refractivity (Wildman–Crippen MR) is 93.0 cm³/mol. The van der Waals surface area contributed by atoms with E-state index in [0.717, 1.165) is 5.56 Å². The number of carbonyl (C=O) groups excluding carboxylic acids is 1. The molecule has 0 aliphatic carbocycles. The van der Waals surface area contributed by atoms with Crippen LogP contribution in [0.2, 0.25) is 0 Å². The Labute approximate surface area is 145 Å². The summed E-state index contributed by atoms with van der Waals surface area (Å²) in [6.07, 6.45) is 4.95. The molecule has 3 rings (SSSR count). The molecular formula is C18H17N3O4. The minimum atomic E-state index is -0.277. The Morgan fingerprint density at radius 2 is 1.64 bits per heavy atom. The van der Waals surface area contributed by atoms with Crippen LogP contribution in [-0.4, -0.2) is 38.1 Å². The van der Waals surface area contributed by atoms with E-state index in [-0.39, 0.29) is 5.91 Å². The maximum absolute atomic E-state index is 12.2. The van der Waals surface area contributed by atoms with Crippen molar-refractivity contribution in [2.75, 3.05) is 21.3 Å². The number of aliphatic imine (C=N–C) groups is 1. The van der Waals surface area contributed by atoms with Gasteiger partial charge < -0.3 is 19.5 Å². The summed E-state index contributed by atoms with van der Waals surface area (Å²) < 4.78 is 15.9. The molecule has 0 unspecified atom stereocenters. The lowest BCUT2D eigenvalue weighted by molar-refractivity contribution is -0.115. The van der Waals surface area contributed by atoms with E-state index in [1.165, 1.54) is 21.3 Å². The van der Waals surface area contributed by atoms with E-state index < -0.39 is 0 Å². The Hall–Kier alpha value is -3.35. The van der Waals surface area contributed by atoms with Crippen LogP contribution in [0.3, 0.4) is 0 Å². The fourth-order valence-electron chi connectivity index (χ4n) is 2.46. The van der Waals surface area contributed by atoms with Crippen LogP contribution >= 0.6 is 0 Å². The Kier molecular flexibility index (Phi) is 4.65. The highest BCUT2D eigenvalue weighted by molar-refractivity contribution is 6.19. The van der Waals surface area contributed by atoms with Crippen LogP contribution in [0.1, 0.15) is 11.1 Å². The molecule has 0 saturated carbocycles. The van der Waals surface area contributed by atoms with Crippen molar-refractivity contribution in [3.8, 4) is 17.2 Å². The van der Waals surface area contributed by atoms with Gasteiger partial charge in [0.1, 0.15) is 11.5 Å². The summed E-state index contributed by atoms with van der Waals surface area (Å²) >= 11 is 0. The number of nitrogens with one attached hydrogen (secondary N) is 1. The third-order valence-corrected chi connectivity index (χ3v) is 3.64. The van der Waals surface area contributed by atoms with Crippen molar-refractivity contribution in [1.82, 2.24) is 10.3 Å². The number of hydrogen-bond acceptors (Lipinski definition) is 6. The topological polar surface area (TPSA) is 82.0 Å². The summed E-state index contributed by atoms with van der Waals surface area (Å²) in [7, 11) is 4.61. The van der Waals surface area contributed by atoms with Crippen molar-refractivity contribution in [3.05, 3.63) is 53.5 Å². The maximum atomic E-state index is 12.2. The molecule has 1 amide bonds. The highest BCUT2D eigenvalue weighted by Crippen LogP contribution is 2.38. The molecule has 1 aromatic heterocycles. The second kappa shape index (κ2) is 7.04. The number of amides is 1. The van der Waals surface area contributed by atoms with Gasteiger partial charge in [-0.25, -0.2) is 4.99 Å². The third-order valence-electron chi connectivity index (χ3n) is 3.64. The molecule has 7 nitrogen and oxygen atoms in total. The lowest BCUT2D eigenvalue weighted by Gasteiger charge is -2.12. The van der Waals surface area contributed by atoms with Crippen molar-refractivity contribution in [2.45, 2.75) is 0 Å². The fraction of sp³-hybridized carbons (Fsp3) is 0.167. The molecule has 0 saturated heterocycles. The number of nitrogens with zero attached hydrogens (tertiary/aromatic N) is 2. The van der Waals surface area contributed by atoms with E-state index in [1.54, 1.807) is 42.7 Å². The fourth-order valence-corrected chi connectivity index (χ4v) is 2.46. The lowest BCUT2D eigenvalue weighted by Crippen LogP contribution is -2.24. The molecule has 25 heavy (non-hydrogen) atoms. The molecule has 0 atom stereocenters. The van der Waals surface area contributed by atoms with Gasteiger partial charge >= 0.3 is 0 Å². The maximum Gasteiger partial charge on any atom is 0.275 e. The van der Waals surface area contributed by atoms with E-state index in [2.05, 4.69) is 15.3 Å². The molecule has 0 radical (unpaired) electrons. The van der Waals surface area contributed by atoms with Gasteiger partial charge in [0.2, 0.25) is 5.75 Å². The van der Waals surface area contributed by atoms with E-state index in [4.69, 9.17) is 14.2 Å². The minimum absolute atomic E-state index is 0.277. The number of hydrogen-bond donors (Lipinski definition) is 1.